The molecule has 1 aliphatic rings. The van der Waals surface area contributed by atoms with Crippen LogP contribution in [0.5, 0.6) is 0 Å². The Hall–Kier alpha value is -4.83. The monoisotopic (exact) mass is 637 g/mol. The van der Waals surface area contributed by atoms with E-state index in [2.05, 4.69) is 5.32 Å². The Morgan fingerprint density at radius 1 is 0.702 bits per heavy atom. The molecule has 0 bridgehead atoms. The highest BCUT2D eigenvalue weighted by atomic mass is 16.7. The third kappa shape index (κ3) is 7.60. The summed E-state index contributed by atoms with van der Waals surface area (Å²) in [6.07, 6.45) is -3.82. The van der Waals surface area contributed by atoms with Crippen LogP contribution in [-0.2, 0) is 45.4 Å². The molecule has 0 spiro atoms. The third-order valence-corrected chi connectivity index (χ3v) is 8.13. The van der Waals surface area contributed by atoms with Crippen LogP contribution in [0.25, 0.3) is 0 Å². The molecule has 0 saturated carbocycles. The maximum Gasteiger partial charge on any atom is 0.303 e. The van der Waals surface area contributed by atoms with E-state index in [1.54, 1.807) is 0 Å². The van der Waals surface area contributed by atoms with Crippen LogP contribution >= 0.6 is 0 Å². The van der Waals surface area contributed by atoms with Gasteiger partial charge >= 0.3 is 11.9 Å². The fourth-order valence-corrected chi connectivity index (χ4v) is 6.28. The molecule has 4 aromatic rings. The highest BCUT2D eigenvalue weighted by molar-refractivity contribution is 5.74. The van der Waals surface area contributed by atoms with Crippen molar-refractivity contribution >= 4 is 17.8 Å². The number of aliphatic hydroxyl groups is 1. The Morgan fingerprint density at radius 3 is 1.55 bits per heavy atom. The van der Waals surface area contributed by atoms with E-state index in [1.807, 2.05) is 121 Å². The number of hydrogen-bond donors (Lipinski definition) is 2. The van der Waals surface area contributed by atoms with Gasteiger partial charge in [0.15, 0.2) is 18.0 Å². The number of esters is 2. The first kappa shape index (κ1) is 33.5. The molecule has 9 nitrogen and oxygen atoms in total. The van der Waals surface area contributed by atoms with Gasteiger partial charge in [-0.05, 0) is 22.3 Å². The van der Waals surface area contributed by atoms with Crippen LogP contribution in [0.2, 0.25) is 0 Å². The second kappa shape index (κ2) is 14.7. The molecule has 244 valence electrons. The second-order valence-electron chi connectivity index (χ2n) is 11.6. The third-order valence-electron chi connectivity index (χ3n) is 8.13. The van der Waals surface area contributed by atoms with E-state index < -0.39 is 53.6 Å². The van der Waals surface area contributed by atoms with Gasteiger partial charge in [-0.1, -0.05) is 121 Å². The zero-order valence-electron chi connectivity index (χ0n) is 26.6. The summed E-state index contributed by atoms with van der Waals surface area (Å²) < 4.78 is 25.0. The smallest absolute Gasteiger partial charge is 0.303 e. The highest BCUT2D eigenvalue weighted by Crippen LogP contribution is 2.42. The fraction of sp³-hybridized carbons (Fsp3) is 0.289. The maximum atomic E-state index is 12.5. The molecule has 0 aliphatic carbocycles. The molecular weight excluding hydrogens is 598 g/mol. The topological polar surface area (TPSA) is 120 Å². The van der Waals surface area contributed by atoms with Gasteiger partial charge in [-0.2, -0.15) is 0 Å². The predicted molar refractivity (Wildman–Crippen MR) is 174 cm³/mol. The fourth-order valence-electron chi connectivity index (χ4n) is 6.28. The summed E-state index contributed by atoms with van der Waals surface area (Å²) in [6, 6.07) is 36.9. The standard InChI is InChI=1S/C38H39NO8/c1-26(40)39-36-35(46-28(3)42)34(45-27(2)41)33(47-37(36,43)24-29-16-8-4-9-17-29)25-44-38(30-18-10-5-11-19-30,31-20-12-6-13-21-31)32-22-14-7-15-23-32/h4-23,33-36,43H,24-25H2,1-3H3,(H,39,40)/t33-,34-,35+,36-,37-/m1/s1. The average Bonchev–Trinajstić information content (AvgIpc) is 3.06. The molecule has 47 heavy (non-hydrogen) atoms. The van der Waals surface area contributed by atoms with Crippen LogP contribution in [0.3, 0.4) is 0 Å². The number of benzene rings is 4. The van der Waals surface area contributed by atoms with Crippen LogP contribution < -0.4 is 5.32 Å². The molecule has 2 N–H and O–H groups in total. The van der Waals surface area contributed by atoms with Crippen molar-refractivity contribution in [2.75, 3.05) is 6.61 Å². The van der Waals surface area contributed by atoms with Crippen LogP contribution in [-0.4, -0.2) is 59.7 Å². The molecule has 1 amide bonds. The van der Waals surface area contributed by atoms with Gasteiger partial charge in [0, 0.05) is 27.2 Å². The van der Waals surface area contributed by atoms with Crippen LogP contribution in [0, 0.1) is 0 Å². The summed E-state index contributed by atoms with van der Waals surface area (Å²) in [5, 5.41) is 15.0. The number of rotatable bonds is 11. The lowest BCUT2D eigenvalue weighted by molar-refractivity contribution is -0.324. The van der Waals surface area contributed by atoms with E-state index in [0.717, 1.165) is 16.7 Å². The van der Waals surface area contributed by atoms with Gasteiger partial charge in [0.2, 0.25) is 5.91 Å². The number of carbonyl (C=O) groups is 3. The van der Waals surface area contributed by atoms with Gasteiger partial charge < -0.3 is 29.4 Å². The predicted octanol–water partition coefficient (Wildman–Crippen LogP) is 4.69. The largest absolute Gasteiger partial charge is 0.456 e. The molecule has 5 rings (SSSR count). The van der Waals surface area contributed by atoms with Gasteiger partial charge in [0.05, 0.1) is 6.61 Å². The molecule has 9 heteroatoms. The van der Waals surface area contributed by atoms with Crippen molar-refractivity contribution in [3.05, 3.63) is 144 Å². The Morgan fingerprint density at radius 2 is 1.13 bits per heavy atom. The van der Waals surface area contributed by atoms with E-state index in [1.165, 1.54) is 20.8 Å². The minimum absolute atomic E-state index is 0.0823. The lowest BCUT2D eigenvalue weighted by Crippen LogP contribution is -2.72. The van der Waals surface area contributed by atoms with Gasteiger partial charge in [-0.25, -0.2) is 0 Å². The van der Waals surface area contributed by atoms with E-state index in [0.29, 0.717) is 5.56 Å². The summed E-state index contributed by atoms with van der Waals surface area (Å²) in [4.78, 5) is 37.5. The van der Waals surface area contributed by atoms with Crippen molar-refractivity contribution in [2.45, 2.75) is 62.9 Å². The number of ether oxygens (including phenoxy) is 4. The number of hydrogen-bond acceptors (Lipinski definition) is 8. The van der Waals surface area contributed by atoms with Gasteiger partial charge in [-0.3, -0.25) is 14.4 Å². The molecule has 1 aliphatic heterocycles. The van der Waals surface area contributed by atoms with Crippen LogP contribution in [0.4, 0.5) is 0 Å². The van der Waals surface area contributed by atoms with Gasteiger partial charge in [0.1, 0.15) is 17.7 Å². The van der Waals surface area contributed by atoms with E-state index in [-0.39, 0.29) is 13.0 Å². The summed E-state index contributed by atoms with van der Waals surface area (Å²) in [5.41, 5.74) is 2.00. The number of nitrogens with one attached hydrogen (secondary N) is 1. The Bertz CT molecular complexity index is 1540. The molecule has 4 aromatic carbocycles. The number of amides is 1. The summed E-state index contributed by atoms with van der Waals surface area (Å²) in [7, 11) is 0. The second-order valence-corrected chi connectivity index (χ2v) is 11.6. The zero-order chi connectivity index (χ0) is 33.4. The maximum absolute atomic E-state index is 12.5. The first-order valence-electron chi connectivity index (χ1n) is 15.5. The van der Waals surface area contributed by atoms with Crippen LogP contribution in [0.1, 0.15) is 43.0 Å². The van der Waals surface area contributed by atoms with E-state index >= 15 is 0 Å². The Balaban J connectivity index is 1.64. The number of carbonyl (C=O) groups excluding carboxylic acids is 3. The zero-order valence-corrected chi connectivity index (χ0v) is 26.6. The first-order chi connectivity index (χ1) is 22.6. The highest BCUT2D eigenvalue weighted by Gasteiger charge is 2.58. The summed E-state index contributed by atoms with van der Waals surface area (Å²) >= 11 is 0. The SMILES string of the molecule is CC(=O)N[C@@H]1[C@@H](OC(C)=O)[C@H](OC(C)=O)[C@@H](COC(c2ccccc2)(c2ccccc2)c2ccccc2)O[C@]1(O)Cc1ccccc1. The molecule has 0 radical (unpaired) electrons. The molecule has 0 aromatic heterocycles. The molecule has 1 heterocycles. The molecule has 5 atom stereocenters. The average molecular weight is 638 g/mol. The lowest BCUT2D eigenvalue weighted by atomic mass is 9.80. The Kier molecular flexibility index (Phi) is 10.5. The normalized spacial score (nSPS) is 22.6. The summed E-state index contributed by atoms with van der Waals surface area (Å²) in [6.45, 7) is 3.48. The quantitative estimate of drug-likeness (QED) is 0.180. The minimum Gasteiger partial charge on any atom is -0.456 e. The van der Waals surface area contributed by atoms with Crippen molar-refractivity contribution in [3.8, 4) is 0 Å². The van der Waals surface area contributed by atoms with Gasteiger partial charge in [-0.15, -0.1) is 0 Å². The van der Waals surface area contributed by atoms with Crippen molar-refractivity contribution in [1.82, 2.24) is 5.32 Å². The molecule has 1 saturated heterocycles. The van der Waals surface area contributed by atoms with Crippen molar-refractivity contribution in [2.24, 2.45) is 0 Å². The van der Waals surface area contributed by atoms with Crippen molar-refractivity contribution in [1.29, 1.82) is 0 Å². The molecule has 1 fully saturated rings. The Labute approximate surface area is 274 Å². The first-order valence-corrected chi connectivity index (χ1v) is 15.5. The minimum atomic E-state index is -2.10. The van der Waals surface area contributed by atoms with Crippen molar-refractivity contribution < 1.29 is 38.4 Å². The lowest BCUT2D eigenvalue weighted by Gasteiger charge is -2.50. The van der Waals surface area contributed by atoms with E-state index in [9.17, 15) is 19.5 Å². The van der Waals surface area contributed by atoms with Gasteiger partial charge in [0.25, 0.3) is 0 Å². The summed E-state index contributed by atoms with van der Waals surface area (Å²) in [5.74, 6) is -3.98. The van der Waals surface area contributed by atoms with Crippen LogP contribution in [0.15, 0.2) is 121 Å². The van der Waals surface area contributed by atoms with Crippen molar-refractivity contribution in [3.63, 3.8) is 0 Å². The van der Waals surface area contributed by atoms with E-state index in [4.69, 9.17) is 18.9 Å². The molecule has 0 unspecified atom stereocenters. The molecular formula is C38H39NO8.